The standard InChI is InChI=1S/C36H19BN2O2/c1-2-9-20(10-3-1)38-25-15-7-16-28-32(25)37-33-27(38)19-26-31(36(33)41-30-18-8-17-29(40-28)34(30)37)23-13-6-12-22-21-11-4-5-14-24(21)39(26)35(22)23/h1-19H. The second-order valence-electron chi connectivity index (χ2n) is 11.3. The summed E-state index contributed by atoms with van der Waals surface area (Å²) >= 11 is 0. The number of hydrogen-bond donors (Lipinski definition) is 0. The number of rotatable bonds is 1. The molecule has 8 aromatic rings. The average molecular weight is 522 g/mol. The lowest BCUT2D eigenvalue weighted by Crippen LogP contribution is -2.61. The van der Waals surface area contributed by atoms with E-state index in [1.807, 2.05) is 6.07 Å². The van der Waals surface area contributed by atoms with Gasteiger partial charge < -0.3 is 18.8 Å². The summed E-state index contributed by atoms with van der Waals surface area (Å²) in [4.78, 5) is 2.39. The molecule has 0 saturated carbocycles. The smallest absolute Gasteiger partial charge is 0.266 e. The largest absolute Gasteiger partial charge is 0.458 e. The third-order valence-corrected chi connectivity index (χ3v) is 9.35. The molecule has 0 N–H and O–H groups in total. The van der Waals surface area contributed by atoms with E-state index >= 15 is 0 Å². The number of para-hydroxylation sites is 3. The molecule has 2 aromatic heterocycles. The molecule has 0 spiro atoms. The molecule has 3 aliphatic rings. The van der Waals surface area contributed by atoms with Crippen LogP contribution < -0.4 is 30.8 Å². The molecule has 0 fully saturated rings. The molecule has 0 aliphatic carbocycles. The van der Waals surface area contributed by atoms with Crippen LogP contribution in [0.4, 0.5) is 17.1 Å². The summed E-state index contributed by atoms with van der Waals surface area (Å²) in [6, 6.07) is 41.1. The number of fused-ring (bicyclic) bond motifs is 7. The molecule has 6 aromatic carbocycles. The number of hydrogen-bond acceptors (Lipinski definition) is 3. The van der Waals surface area contributed by atoms with Crippen LogP contribution in [0.25, 0.3) is 38.1 Å². The fourth-order valence-corrected chi connectivity index (χ4v) is 7.86. The summed E-state index contributed by atoms with van der Waals surface area (Å²) in [6.07, 6.45) is 0. The van der Waals surface area contributed by atoms with Crippen LogP contribution in [0.1, 0.15) is 0 Å². The van der Waals surface area contributed by atoms with Crippen LogP contribution in [0.2, 0.25) is 0 Å². The van der Waals surface area contributed by atoms with Gasteiger partial charge in [-0.25, -0.2) is 0 Å². The molecule has 4 nitrogen and oxygen atoms in total. The molecule has 0 radical (unpaired) electrons. The SMILES string of the molecule is c1ccc(N2c3cccc4c3B3c5c(cccc5Oc5c3c2cc2c5c3cccc5c6ccccc6n2c53)O4)cc1. The topological polar surface area (TPSA) is 26.1 Å². The Hall–Kier alpha value is -5.42. The van der Waals surface area contributed by atoms with Crippen molar-refractivity contribution in [3.05, 3.63) is 115 Å². The highest BCUT2D eigenvalue weighted by atomic mass is 16.5. The first-order chi connectivity index (χ1) is 20.4. The molecule has 188 valence electrons. The Labute approximate surface area is 235 Å². The maximum atomic E-state index is 7.00. The van der Waals surface area contributed by atoms with E-state index in [-0.39, 0.29) is 6.71 Å². The van der Waals surface area contributed by atoms with E-state index < -0.39 is 0 Å². The number of ether oxygens (including phenoxy) is 2. The quantitative estimate of drug-likeness (QED) is 0.211. The van der Waals surface area contributed by atoms with Crippen LogP contribution in [0.15, 0.2) is 115 Å². The molecule has 0 saturated heterocycles. The monoisotopic (exact) mass is 522 g/mol. The minimum atomic E-state index is 0.0288. The maximum Gasteiger partial charge on any atom is 0.266 e. The van der Waals surface area contributed by atoms with Crippen molar-refractivity contribution < 1.29 is 9.47 Å². The Morgan fingerprint density at radius 3 is 2.12 bits per heavy atom. The summed E-state index contributed by atoms with van der Waals surface area (Å²) in [5.41, 5.74) is 10.6. The highest BCUT2D eigenvalue weighted by Crippen LogP contribution is 2.50. The molecule has 41 heavy (non-hydrogen) atoms. The molecule has 0 bridgehead atoms. The molecule has 3 aliphatic heterocycles. The second kappa shape index (κ2) is 6.83. The highest BCUT2D eigenvalue weighted by molar-refractivity contribution is 7.00. The average Bonchev–Trinajstić information content (AvgIpc) is 3.54. The molecule has 11 rings (SSSR count). The zero-order valence-corrected chi connectivity index (χ0v) is 21.8. The first-order valence-corrected chi connectivity index (χ1v) is 14.1. The van der Waals surface area contributed by atoms with Crippen molar-refractivity contribution in [3.63, 3.8) is 0 Å². The Morgan fingerprint density at radius 2 is 1.22 bits per heavy atom. The number of nitrogens with zero attached hydrogens (tertiary/aromatic N) is 2. The zero-order chi connectivity index (χ0) is 26.4. The van der Waals surface area contributed by atoms with E-state index in [0.717, 1.165) is 45.5 Å². The predicted molar refractivity (Wildman–Crippen MR) is 167 cm³/mol. The molecular weight excluding hydrogens is 503 g/mol. The zero-order valence-electron chi connectivity index (χ0n) is 21.8. The van der Waals surface area contributed by atoms with Gasteiger partial charge >= 0.3 is 0 Å². The Balaban J connectivity index is 1.39. The molecule has 0 amide bonds. The van der Waals surface area contributed by atoms with Crippen LogP contribution in [0.3, 0.4) is 0 Å². The summed E-state index contributed by atoms with van der Waals surface area (Å²) in [5, 5.41) is 4.95. The van der Waals surface area contributed by atoms with E-state index in [9.17, 15) is 0 Å². The van der Waals surface area contributed by atoms with Crippen molar-refractivity contribution in [2.45, 2.75) is 0 Å². The third kappa shape index (κ3) is 2.26. The minimum absolute atomic E-state index is 0.0288. The van der Waals surface area contributed by atoms with Crippen LogP contribution in [0, 0.1) is 0 Å². The van der Waals surface area contributed by atoms with Crippen LogP contribution in [0.5, 0.6) is 23.0 Å². The summed E-state index contributed by atoms with van der Waals surface area (Å²) in [6.45, 7) is 0.0288. The minimum Gasteiger partial charge on any atom is -0.458 e. The predicted octanol–water partition coefficient (Wildman–Crippen LogP) is 7.35. The van der Waals surface area contributed by atoms with E-state index in [1.165, 1.54) is 49.0 Å². The van der Waals surface area contributed by atoms with Gasteiger partial charge in [-0.1, -0.05) is 66.7 Å². The van der Waals surface area contributed by atoms with E-state index in [2.05, 4.69) is 118 Å². The van der Waals surface area contributed by atoms with E-state index in [0.29, 0.717) is 0 Å². The van der Waals surface area contributed by atoms with Crippen LogP contribution in [-0.4, -0.2) is 11.1 Å². The summed E-state index contributed by atoms with van der Waals surface area (Å²) < 4.78 is 16.0. The lowest BCUT2D eigenvalue weighted by Gasteiger charge is -2.42. The normalized spacial score (nSPS) is 14.1. The van der Waals surface area contributed by atoms with Crippen LogP contribution >= 0.6 is 0 Å². The first kappa shape index (κ1) is 20.5. The van der Waals surface area contributed by atoms with Gasteiger partial charge in [0.05, 0.1) is 21.9 Å². The first-order valence-electron chi connectivity index (χ1n) is 14.1. The van der Waals surface area contributed by atoms with Gasteiger partial charge in [0.1, 0.15) is 23.0 Å². The van der Waals surface area contributed by atoms with E-state index in [1.54, 1.807) is 0 Å². The van der Waals surface area contributed by atoms with Gasteiger partial charge in [-0.05, 0) is 59.5 Å². The molecule has 5 heteroatoms. The molecular formula is C36H19BN2O2. The fourth-order valence-electron chi connectivity index (χ4n) is 7.86. The molecule has 0 atom stereocenters. The summed E-state index contributed by atoms with van der Waals surface area (Å²) in [5.74, 6) is 3.62. The van der Waals surface area contributed by atoms with Gasteiger partial charge in [-0.2, -0.15) is 0 Å². The van der Waals surface area contributed by atoms with Crippen molar-refractivity contribution in [1.29, 1.82) is 0 Å². The van der Waals surface area contributed by atoms with Gasteiger partial charge in [0.15, 0.2) is 0 Å². The van der Waals surface area contributed by atoms with Crippen molar-refractivity contribution in [1.82, 2.24) is 4.40 Å². The lowest BCUT2D eigenvalue weighted by molar-refractivity contribution is 0.467. The Kier molecular flexibility index (Phi) is 3.41. The Morgan fingerprint density at radius 1 is 0.512 bits per heavy atom. The summed E-state index contributed by atoms with van der Waals surface area (Å²) in [7, 11) is 0. The number of aromatic nitrogens is 1. The maximum absolute atomic E-state index is 7.00. The van der Waals surface area contributed by atoms with Gasteiger partial charge in [-0.3, -0.25) is 0 Å². The number of anilines is 3. The fraction of sp³-hybridized carbons (Fsp3) is 0. The molecule has 5 heterocycles. The van der Waals surface area contributed by atoms with Crippen LogP contribution in [-0.2, 0) is 0 Å². The van der Waals surface area contributed by atoms with Gasteiger partial charge in [0.25, 0.3) is 6.71 Å². The van der Waals surface area contributed by atoms with E-state index in [4.69, 9.17) is 9.47 Å². The lowest BCUT2D eigenvalue weighted by atomic mass is 9.33. The van der Waals surface area contributed by atoms with Crippen molar-refractivity contribution in [2.75, 3.05) is 4.90 Å². The number of benzene rings is 6. The van der Waals surface area contributed by atoms with Crippen molar-refractivity contribution in [3.8, 4) is 23.0 Å². The highest BCUT2D eigenvalue weighted by Gasteiger charge is 2.48. The van der Waals surface area contributed by atoms with Gasteiger partial charge in [-0.15, -0.1) is 0 Å². The van der Waals surface area contributed by atoms with Gasteiger partial charge in [0, 0.05) is 38.7 Å². The Bertz CT molecular complexity index is 2450. The molecule has 0 unspecified atom stereocenters. The van der Waals surface area contributed by atoms with Crippen molar-refractivity contribution in [2.24, 2.45) is 0 Å². The third-order valence-electron chi connectivity index (χ3n) is 9.35. The van der Waals surface area contributed by atoms with Crippen molar-refractivity contribution >= 4 is 78.3 Å². The second-order valence-corrected chi connectivity index (χ2v) is 11.3. The van der Waals surface area contributed by atoms with Gasteiger partial charge in [0.2, 0.25) is 0 Å².